The number of benzene rings is 1. The van der Waals surface area contributed by atoms with Crippen LogP contribution in [-0.2, 0) is 4.79 Å². The van der Waals surface area contributed by atoms with Gasteiger partial charge < -0.3 is 10.2 Å². The lowest BCUT2D eigenvalue weighted by molar-refractivity contribution is -0.133. The Hall–Kier alpha value is -1.06. The summed E-state index contributed by atoms with van der Waals surface area (Å²) in [6.45, 7) is 5.58. The quantitative estimate of drug-likeness (QED) is 0.910. The van der Waals surface area contributed by atoms with Gasteiger partial charge in [-0.3, -0.25) is 4.79 Å². The standard InChI is InChI=1S/C14H20N2O.ClH/c1-2-13(12-6-4-3-5-7-12)14(17)16-10-8-15-9-11-16;/h3-7,13,15H,2,8-11H2,1H3;1H. The second-order valence-corrected chi connectivity index (χ2v) is 4.45. The minimum absolute atomic E-state index is 0. The Balaban J connectivity index is 0.00000162. The van der Waals surface area contributed by atoms with Crippen LogP contribution < -0.4 is 5.32 Å². The SMILES string of the molecule is CCC(C(=O)N1CCNCC1)c1ccccc1.Cl. The second kappa shape index (κ2) is 7.39. The van der Waals surface area contributed by atoms with Crippen molar-refractivity contribution in [2.75, 3.05) is 26.2 Å². The van der Waals surface area contributed by atoms with Crippen molar-refractivity contribution in [3.8, 4) is 0 Å². The summed E-state index contributed by atoms with van der Waals surface area (Å²) in [4.78, 5) is 14.4. The molecular formula is C14H21ClN2O. The monoisotopic (exact) mass is 268 g/mol. The van der Waals surface area contributed by atoms with Gasteiger partial charge in [0, 0.05) is 26.2 Å². The maximum Gasteiger partial charge on any atom is 0.230 e. The number of carbonyl (C=O) groups excluding carboxylic acids is 1. The fraction of sp³-hybridized carbons (Fsp3) is 0.500. The lowest BCUT2D eigenvalue weighted by atomic mass is 9.95. The van der Waals surface area contributed by atoms with Gasteiger partial charge in [0.1, 0.15) is 0 Å². The molecule has 100 valence electrons. The summed E-state index contributed by atoms with van der Waals surface area (Å²) in [5.74, 6) is 0.300. The summed E-state index contributed by atoms with van der Waals surface area (Å²) >= 11 is 0. The molecule has 1 N–H and O–H groups in total. The number of rotatable bonds is 3. The molecule has 0 aromatic heterocycles. The zero-order chi connectivity index (χ0) is 12.1. The summed E-state index contributed by atoms with van der Waals surface area (Å²) in [7, 11) is 0. The van der Waals surface area contributed by atoms with Gasteiger partial charge in [-0.15, -0.1) is 12.4 Å². The Bertz CT molecular complexity index is 363. The maximum absolute atomic E-state index is 12.4. The molecule has 1 aromatic carbocycles. The third-order valence-corrected chi connectivity index (χ3v) is 3.34. The number of hydrogen-bond acceptors (Lipinski definition) is 2. The predicted octanol–water partition coefficient (Wildman–Crippen LogP) is 2.03. The number of halogens is 1. The molecule has 0 spiro atoms. The highest BCUT2D eigenvalue weighted by Gasteiger charge is 2.24. The Morgan fingerprint density at radius 3 is 2.44 bits per heavy atom. The largest absolute Gasteiger partial charge is 0.340 e. The van der Waals surface area contributed by atoms with E-state index in [1.165, 1.54) is 0 Å². The van der Waals surface area contributed by atoms with E-state index in [1.54, 1.807) is 0 Å². The Kier molecular flexibility index (Phi) is 6.16. The fourth-order valence-electron chi connectivity index (χ4n) is 2.34. The molecule has 0 saturated carbocycles. The van der Waals surface area contributed by atoms with E-state index in [2.05, 4.69) is 12.2 Å². The maximum atomic E-state index is 12.4. The first kappa shape index (κ1) is 15.0. The number of nitrogens with one attached hydrogen (secondary N) is 1. The van der Waals surface area contributed by atoms with Gasteiger partial charge in [-0.25, -0.2) is 0 Å². The average molecular weight is 269 g/mol. The molecule has 1 heterocycles. The van der Waals surface area contributed by atoms with Gasteiger partial charge in [-0.05, 0) is 12.0 Å². The molecule has 1 atom stereocenters. The molecule has 1 fully saturated rings. The minimum atomic E-state index is 0. The lowest BCUT2D eigenvalue weighted by Gasteiger charge is -2.30. The van der Waals surface area contributed by atoms with E-state index in [0.29, 0.717) is 0 Å². The molecule has 1 unspecified atom stereocenters. The van der Waals surface area contributed by atoms with Crippen LogP contribution in [0.15, 0.2) is 30.3 Å². The molecule has 1 saturated heterocycles. The van der Waals surface area contributed by atoms with Gasteiger partial charge >= 0.3 is 0 Å². The van der Waals surface area contributed by atoms with E-state index in [0.717, 1.165) is 38.2 Å². The molecule has 1 aliphatic rings. The highest BCUT2D eigenvalue weighted by molar-refractivity contribution is 5.85. The van der Waals surface area contributed by atoms with Crippen LogP contribution in [0.4, 0.5) is 0 Å². The molecule has 2 rings (SSSR count). The first-order valence-corrected chi connectivity index (χ1v) is 6.37. The van der Waals surface area contributed by atoms with E-state index < -0.39 is 0 Å². The second-order valence-electron chi connectivity index (χ2n) is 4.45. The van der Waals surface area contributed by atoms with Crippen molar-refractivity contribution in [3.05, 3.63) is 35.9 Å². The molecule has 18 heavy (non-hydrogen) atoms. The highest BCUT2D eigenvalue weighted by atomic mass is 35.5. The number of hydrogen-bond donors (Lipinski definition) is 1. The Morgan fingerprint density at radius 1 is 1.28 bits per heavy atom. The van der Waals surface area contributed by atoms with Crippen LogP contribution in [0.1, 0.15) is 24.8 Å². The van der Waals surface area contributed by atoms with Crippen LogP contribution in [0.5, 0.6) is 0 Å². The molecule has 0 radical (unpaired) electrons. The molecule has 3 nitrogen and oxygen atoms in total. The van der Waals surface area contributed by atoms with Crippen LogP contribution >= 0.6 is 12.4 Å². The molecule has 1 aromatic rings. The normalized spacial score (nSPS) is 16.8. The predicted molar refractivity (Wildman–Crippen MR) is 76.2 cm³/mol. The van der Waals surface area contributed by atoms with Crippen molar-refractivity contribution >= 4 is 18.3 Å². The van der Waals surface area contributed by atoms with Crippen molar-refractivity contribution in [2.24, 2.45) is 0 Å². The fourth-order valence-corrected chi connectivity index (χ4v) is 2.34. The van der Waals surface area contributed by atoms with Crippen LogP contribution in [0.3, 0.4) is 0 Å². The van der Waals surface area contributed by atoms with Crippen LogP contribution in [-0.4, -0.2) is 37.0 Å². The summed E-state index contributed by atoms with van der Waals surface area (Å²) in [6, 6.07) is 10.1. The topological polar surface area (TPSA) is 32.3 Å². The zero-order valence-corrected chi connectivity index (χ0v) is 11.6. The van der Waals surface area contributed by atoms with E-state index in [1.807, 2.05) is 35.2 Å². The zero-order valence-electron chi connectivity index (χ0n) is 10.8. The summed E-state index contributed by atoms with van der Waals surface area (Å²) in [5, 5.41) is 3.27. The minimum Gasteiger partial charge on any atom is -0.340 e. The Morgan fingerprint density at radius 2 is 1.89 bits per heavy atom. The van der Waals surface area contributed by atoms with Crippen molar-refractivity contribution in [3.63, 3.8) is 0 Å². The molecule has 1 amide bonds. The highest BCUT2D eigenvalue weighted by Crippen LogP contribution is 2.22. The number of nitrogens with zero attached hydrogens (tertiary/aromatic N) is 1. The van der Waals surface area contributed by atoms with Gasteiger partial charge in [0.25, 0.3) is 0 Å². The molecule has 0 bridgehead atoms. The van der Waals surface area contributed by atoms with Crippen LogP contribution in [0, 0.1) is 0 Å². The van der Waals surface area contributed by atoms with Crippen molar-refractivity contribution in [2.45, 2.75) is 19.3 Å². The Labute approximate surface area is 115 Å². The van der Waals surface area contributed by atoms with Crippen molar-refractivity contribution in [1.29, 1.82) is 0 Å². The summed E-state index contributed by atoms with van der Waals surface area (Å²) < 4.78 is 0. The summed E-state index contributed by atoms with van der Waals surface area (Å²) in [5.41, 5.74) is 1.14. The third-order valence-electron chi connectivity index (χ3n) is 3.34. The smallest absolute Gasteiger partial charge is 0.230 e. The van der Waals surface area contributed by atoms with Gasteiger partial charge in [0.2, 0.25) is 5.91 Å². The van der Waals surface area contributed by atoms with Gasteiger partial charge in [0.05, 0.1) is 5.92 Å². The van der Waals surface area contributed by atoms with E-state index >= 15 is 0 Å². The van der Waals surface area contributed by atoms with Gasteiger partial charge in [0.15, 0.2) is 0 Å². The van der Waals surface area contributed by atoms with Gasteiger partial charge in [-0.1, -0.05) is 37.3 Å². The molecular weight excluding hydrogens is 248 g/mol. The number of carbonyl (C=O) groups is 1. The van der Waals surface area contributed by atoms with E-state index in [-0.39, 0.29) is 24.2 Å². The lowest BCUT2D eigenvalue weighted by Crippen LogP contribution is -2.47. The third kappa shape index (κ3) is 3.47. The summed E-state index contributed by atoms with van der Waals surface area (Å²) in [6.07, 6.45) is 0.868. The van der Waals surface area contributed by atoms with Crippen LogP contribution in [0.25, 0.3) is 0 Å². The first-order valence-electron chi connectivity index (χ1n) is 6.37. The van der Waals surface area contributed by atoms with Crippen LogP contribution in [0.2, 0.25) is 0 Å². The van der Waals surface area contributed by atoms with E-state index in [4.69, 9.17) is 0 Å². The van der Waals surface area contributed by atoms with Crippen molar-refractivity contribution < 1.29 is 4.79 Å². The first-order chi connectivity index (χ1) is 8.33. The average Bonchev–Trinajstić information content (AvgIpc) is 2.42. The molecule has 1 aliphatic heterocycles. The molecule has 0 aliphatic carbocycles. The number of piperazine rings is 1. The van der Waals surface area contributed by atoms with Crippen molar-refractivity contribution in [1.82, 2.24) is 10.2 Å². The van der Waals surface area contributed by atoms with Gasteiger partial charge in [-0.2, -0.15) is 0 Å². The molecule has 4 heteroatoms. The van der Waals surface area contributed by atoms with E-state index in [9.17, 15) is 4.79 Å². The number of amides is 1.